The molecule has 2 rings (SSSR count). The Bertz CT molecular complexity index is 862. The van der Waals surface area contributed by atoms with E-state index in [1.165, 1.54) is 13.1 Å². The third-order valence-electron chi connectivity index (χ3n) is 3.23. The molecule has 1 heterocycles. The van der Waals surface area contributed by atoms with Gasteiger partial charge in [0.05, 0.1) is 11.6 Å². The molecule has 10 heteroatoms. The molecule has 0 fully saturated rings. The first-order chi connectivity index (χ1) is 12.3. The first-order valence-electron chi connectivity index (χ1n) is 7.27. The van der Waals surface area contributed by atoms with Crippen molar-refractivity contribution in [3.05, 3.63) is 58.1 Å². The molecule has 0 radical (unpaired) electrons. The molecule has 2 aromatic rings. The molecule has 1 aromatic carbocycles. The third-order valence-corrected chi connectivity index (χ3v) is 3.43. The highest BCUT2D eigenvalue weighted by atomic mass is 35.5. The summed E-state index contributed by atoms with van der Waals surface area (Å²) in [6.45, 7) is -0.0513. The summed E-state index contributed by atoms with van der Waals surface area (Å²) in [4.78, 5) is 19.2. The molecule has 3 N–H and O–H groups in total. The van der Waals surface area contributed by atoms with Crippen molar-refractivity contribution in [2.75, 3.05) is 19.0 Å². The number of hydrogen-bond acceptors (Lipinski definition) is 4. The number of nitrogens with one attached hydrogen (secondary N) is 1. The van der Waals surface area contributed by atoms with Crippen molar-refractivity contribution in [3.63, 3.8) is 0 Å². The number of benzene rings is 1. The van der Waals surface area contributed by atoms with Gasteiger partial charge in [-0.1, -0.05) is 11.6 Å². The summed E-state index contributed by atoms with van der Waals surface area (Å²) in [5.41, 5.74) is 4.68. The van der Waals surface area contributed by atoms with Crippen LogP contribution in [0.4, 0.5) is 18.9 Å². The zero-order valence-corrected chi connectivity index (χ0v) is 14.3. The Kier molecular flexibility index (Phi) is 6.40. The second kappa shape index (κ2) is 8.52. The van der Waals surface area contributed by atoms with E-state index in [-0.39, 0.29) is 35.3 Å². The fourth-order valence-electron chi connectivity index (χ4n) is 2.00. The third kappa shape index (κ3) is 4.85. The number of amides is 1. The predicted octanol–water partition coefficient (Wildman–Crippen LogP) is 2.91. The van der Waals surface area contributed by atoms with Gasteiger partial charge in [0.2, 0.25) is 0 Å². The van der Waals surface area contributed by atoms with Crippen LogP contribution in [0.5, 0.6) is 0 Å². The van der Waals surface area contributed by atoms with Crippen molar-refractivity contribution in [2.45, 2.75) is 6.42 Å². The minimum atomic E-state index is -1.18. The summed E-state index contributed by atoms with van der Waals surface area (Å²) in [6.07, 6.45) is 1.06. The number of carbonyl (C=O) groups is 1. The number of pyridine rings is 1. The SMILES string of the molecule is CN=C(N)OCCc1cc(NC(=O)c2ncc(Cl)cc2F)cc(F)c1F. The zero-order chi connectivity index (χ0) is 19.3. The van der Waals surface area contributed by atoms with Crippen molar-refractivity contribution in [1.82, 2.24) is 4.98 Å². The highest BCUT2D eigenvalue weighted by Gasteiger charge is 2.17. The number of aromatic nitrogens is 1. The monoisotopic (exact) mass is 386 g/mol. The van der Waals surface area contributed by atoms with Gasteiger partial charge in [-0.05, 0) is 17.7 Å². The molecule has 0 spiro atoms. The zero-order valence-electron chi connectivity index (χ0n) is 13.5. The van der Waals surface area contributed by atoms with Crippen LogP contribution in [0.1, 0.15) is 16.1 Å². The minimum absolute atomic E-state index is 0.0176. The maximum Gasteiger partial charge on any atom is 0.281 e. The topological polar surface area (TPSA) is 89.6 Å². The summed E-state index contributed by atoms with van der Waals surface area (Å²) < 4.78 is 46.3. The van der Waals surface area contributed by atoms with Crippen molar-refractivity contribution in [3.8, 4) is 0 Å². The van der Waals surface area contributed by atoms with Crippen LogP contribution in [0.25, 0.3) is 0 Å². The fourth-order valence-corrected chi connectivity index (χ4v) is 2.15. The van der Waals surface area contributed by atoms with Crippen LogP contribution in [0.15, 0.2) is 29.4 Å². The van der Waals surface area contributed by atoms with Gasteiger partial charge in [-0.3, -0.25) is 4.79 Å². The number of nitrogens with two attached hydrogens (primary N) is 1. The van der Waals surface area contributed by atoms with E-state index in [1.54, 1.807) is 0 Å². The van der Waals surface area contributed by atoms with E-state index < -0.39 is 29.1 Å². The van der Waals surface area contributed by atoms with Gasteiger partial charge in [0.15, 0.2) is 23.1 Å². The Labute approximate surface area is 151 Å². The number of halogens is 4. The van der Waals surface area contributed by atoms with Gasteiger partial charge in [-0.25, -0.2) is 23.1 Å². The Morgan fingerprint density at radius 2 is 2.04 bits per heavy atom. The number of ether oxygens (including phenoxy) is 1. The smallest absolute Gasteiger partial charge is 0.281 e. The van der Waals surface area contributed by atoms with Crippen LogP contribution >= 0.6 is 11.6 Å². The molecule has 0 bridgehead atoms. The molecule has 1 amide bonds. The van der Waals surface area contributed by atoms with Crippen LogP contribution < -0.4 is 11.1 Å². The lowest BCUT2D eigenvalue weighted by Crippen LogP contribution is -2.18. The fraction of sp³-hybridized carbons (Fsp3) is 0.188. The van der Waals surface area contributed by atoms with E-state index in [9.17, 15) is 18.0 Å². The number of hydrogen-bond donors (Lipinski definition) is 2. The first kappa shape index (κ1) is 19.5. The number of rotatable bonds is 5. The molecule has 6 nitrogen and oxygen atoms in total. The van der Waals surface area contributed by atoms with Gasteiger partial charge < -0.3 is 15.8 Å². The number of carbonyl (C=O) groups excluding carboxylic acids is 1. The van der Waals surface area contributed by atoms with Crippen LogP contribution in [0, 0.1) is 17.5 Å². The molecule has 0 atom stereocenters. The Morgan fingerprint density at radius 3 is 2.69 bits per heavy atom. The average molecular weight is 387 g/mol. The molecule has 0 aliphatic rings. The summed E-state index contributed by atoms with van der Waals surface area (Å²) in [7, 11) is 1.41. The molecule has 1 aromatic heterocycles. The van der Waals surface area contributed by atoms with Crippen LogP contribution in [-0.4, -0.2) is 30.6 Å². The van der Waals surface area contributed by atoms with Gasteiger partial charge in [0.25, 0.3) is 11.9 Å². The summed E-state index contributed by atoms with van der Waals surface area (Å²) in [5.74, 6) is -4.15. The van der Waals surface area contributed by atoms with E-state index in [0.717, 1.165) is 18.3 Å². The molecule has 0 saturated heterocycles. The maximum absolute atomic E-state index is 13.9. The molecule has 0 unspecified atom stereocenters. The Hall–Kier alpha value is -2.81. The highest BCUT2D eigenvalue weighted by molar-refractivity contribution is 6.30. The Morgan fingerprint density at radius 1 is 1.31 bits per heavy atom. The van der Waals surface area contributed by atoms with Gasteiger partial charge in [0, 0.05) is 31.4 Å². The lowest BCUT2D eigenvalue weighted by molar-refractivity contribution is 0.101. The van der Waals surface area contributed by atoms with Crippen LogP contribution in [-0.2, 0) is 11.2 Å². The van der Waals surface area contributed by atoms with E-state index in [1.807, 2.05) is 0 Å². The molecule has 0 aliphatic carbocycles. The molecule has 0 aliphatic heterocycles. The average Bonchev–Trinajstić information content (AvgIpc) is 2.58. The van der Waals surface area contributed by atoms with E-state index in [0.29, 0.717) is 0 Å². The summed E-state index contributed by atoms with van der Waals surface area (Å²) in [6, 6.07) is 2.79. The number of nitrogens with zero attached hydrogens (tertiary/aromatic N) is 2. The summed E-state index contributed by atoms with van der Waals surface area (Å²) >= 11 is 5.57. The van der Waals surface area contributed by atoms with Crippen LogP contribution in [0.2, 0.25) is 5.02 Å². The molecule has 0 saturated carbocycles. The first-order valence-corrected chi connectivity index (χ1v) is 7.65. The quantitative estimate of drug-likeness (QED) is 0.610. The van der Waals surface area contributed by atoms with Crippen molar-refractivity contribution >= 4 is 29.2 Å². The van der Waals surface area contributed by atoms with Crippen molar-refractivity contribution in [1.29, 1.82) is 0 Å². The van der Waals surface area contributed by atoms with E-state index >= 15 is 0 Å². The lowest BCUT2D eigenvalue weighted by Gasteiger charge is -2.10. The molecular weight excluding hydrogens is 373 g/mol. The molecule has 26 heavy (non-hydrogen) atoms. The molecular formula is C16H14ClF3N4O2. The Balaban J connectivity index is 2.17. The van der Waals surface area contributed by atoms with E-state index in [2.05, 4.69) is 15.3 Å². The van der Waals surface area contributed by atoms with Gasteiger partial charge in [-0.15, -0.1) is 0 Å². The van der Waals surface area contributed by atoms with Gasteiger partial charge in [-0.2, -0.15) is 0 Å². The highest BCUT2D eigenvalue weighted by Crippen LogP contribution is 2.21. The number of amidine groups is 1. The van der Waals surface area contributed by atoms with Gasteiger partial charge in [0.1, 0.15) is 0 Å². The minimum Gasteiger partial charge on any atom is -0.465 e. The number of aliphatic imine (C=N–C) groups is 1. The predicted molar refractivity (Wildman–Crippen MR) is 90.7 cm³/mol. The summed E-state index contributed by atoms with van der Waals surface area (Å²) in [5, 5.41) is 2.27. The maximum atomic E-state index is 13.9. The lowest BCUT2D eigenvalue weighted by atomic mass is 10.1. The van der Waals surface area contributed by atoms with Gasteiger partial charge >= 0.3 is 0 Å². The number of anilines is 1. The standard InChI is InChI=1S/C16H14ClF3N4O2/c1-22-16(21)26-3-2-8-4-10(6-11(18)13(8)20)24-15(25)14-12(19)5-9(17)7-23-14/h4-7H,2-3H2,1H3,(H2,21,22)(H,24,25). The van der Waals surface area contributed by atoms with Crippen molar-refractivity contribution < 1.29 is 22.7 Å². The molecule has 138 valence electrons. The van der Waals surface area contributed by atoms with Crippen molar-refractivity contribution in [2.24, 2.45) is 10.7 Å². The van der Waals surface area contributed by atoms with E-state index in [4.69, 9.17) is 22.1 Å². The second-order valence-corrected chi connectivity index (χ2v) is 5.47. The van der Waals surface area contributed by atoms with Crippen LogP contribution in [0.3, 0.4) is 0 Å². The second-order valence-electron chi connectivity index (χ2n) is 5.03. The normalized spacial score (nSPS) is 11.3. The largest absolute Gasteiger partial charge is 0.465 e.